The number of H-pyrrole nitrogens is 1. The molecule has 1 heterocycles. The summed E-state index contributed by atoms with van der Waals surface area (Å²) in [5.41, 5.74) is 3.56. The van der Waals surface area contributed by atoms with E-state index in [1.54, 1.807) is 6.20 Å². The number of halogens is 1. The molecule has 0 aliphatic rings. The molecule has 3 N–H and O–H groups in total. The number of aryl methyl sites for hydroxylation is 2. The van der Waals surface area contributed by atoms with Crippen LogP contribution in [0.2, 0.25) is 0 Å². The second kappa shape index (κ2) is 8.48. The number of ether oxygens (including phenoxy) is 1. The Labute approximate surface area is 171 Å². The molecule has 2 aromatic carbocycles. The molecule has 0 saturated carbocycles. The number of fused-ring (bicyclic) bond motifs is 1. The monoisotopic (exact) mass is 444 g/mol. The Morgan fingerprint density at radius 2 is 1.89 bits per heavy atom. The van der Waals surface area contributed by atoms with E-state index >= 15 is 0 Å². The lowest BCUT2D eigenvalue weighted by Crippen LogP contribution is -2.44. The second-order valence-electron chi connectivity index (χ2n) is 6.68. The number of aromatic amines is 1. The van der Waals surface area contributed by atoms with Crippen molar-refractivity contribution in [3.8, 4) is 5.75 Å². The number of hydrogen-bond donors (Lipinski definition) is 3. The number of para-hydroxylation sites is 1. The van der Waals surface area contributed by atoms with Crippen LogP contribution in [0.25, 0.3) is 10.9 Å². The first-order chi connectivity index (χ1) is 13.3. The zero-order chi connectivity index (χ0) is 20.3. The van der Waals surface area contributed by atoms with Crippen molar-refractivity contribution >= 4 is 38.7 Å². The first kappa shape index (κ1) is 19.9. The minimum Gasteiger partial charge on any atom is -0.483 e. The van der Waals surface area contributed by atoms with Gasteiger partial charge in [0.05, 0.1) is 0 Å². The summed E-state index contributed by atoms with van der Waals surface area (Å²) in [5, 5.41) is 13.0. The SMILES string of the molecule is Cc1cc(Br)cc(C)c1OCC(=O)NC(Cc1c[nH]c2ccccc12)C(=O)O. The number of nitrogens with one attached hydrogen (secondary N) is 2. The van der Waals surface area contributed by atoms with Gasteiger partial charge in [-0.05, 0) is 48.7 Å². The molecule has 0 radical (unpaired) electrons. The number of aromatic nitrogens is 1. The highest BCUT2D eigenvalue weighted by molar-refractivity contribution is 9.10. The van der Waals surface area contributed by atoms with Gasteiger partial charge in [0.1, 0.15) is 11.8 Å². The fraction of sp³-hybridized carbons (Fsp3) is 0.238. The van der Waals surface area contributed by atoms with Crippen LogP contribution in [0.3, 0.4) is 0 Å². The molecule has 1 aromatic heterocycles. The molecule has 0 spiro atoms. The standard InChI is InChI=1S/C21H21BrN2O4/c1-12-7-15(22)8-13(2)20(12)28-11-19(25)24-18(21(26)27)9-14-10-23-17-6-4-3-5-16(14)17/h3-8,10,18,23H,9,11H2,1-2H3,(H,24,25)(H,26,27). The van der Waals surface area contributed by atoms with Gasteiger partial charge in [-0.2, -0.15) is 0 Å². The summed E-state index contributed by atoms with van der Waals surface area (Å²) in [6.07, 6.45) is 1.96. The molecule has 0 fully saturated rings. The van der Waals surface area contributed by atoms with Crippen LogP contribution in [0, 0.1) is 13.8 Å². The first-order valence-corrected chi connectivity index (χ1v) is 9.61. The van der Waals surface area contributed by atoms with Crippen molar-refractivity contribution in [2.45, 2.75) is 26.3 Å². The molecule has 0 bridgehead atoms. The molecular weight excluding hydrogens is 424 g/mol. The Kier molecular flexibility index (Phi) is 6.04. The number of carbonyl (C=O) groups excluding carboxylic acids is 1. The van der Waals surface area contributed by atoms with Crippen molar-refractivity contribution in [3.63, 3.8) is 0 Å². The van der Waals surface area contributed by atoms with Gasteiger partial charge in [-0.15, -0.1) is 0 Å². The molecule has 1 amide bonds. The van der Waals surface area contributed by atoms with Crippen LogP contribution in [-0.4, -0.2) is 34.6 Å². The summed E-state index contributed by atoms with van der Waals surface area (Å²) in [5.74, 6) is -0.939. The Morgan fingerprint density at radius 3 is 2.57 bits per heavy atom. The molecule has 7 heteroatoms. The molecule has 6 nitrogen and oxygen atoms in total. The highest BCUT2D eigenvalue weighted by Gasteiger charge is 2.22. The van der Waals surface area contributed by atoms with Gasteiger partial charge in [0, 0.05) is 28.0 Å². The van der Waals surface area contributed by atoms with Crippen LogP contribution in [0.4, 0.5) is 0 Å². The second-order valence-corrected chi connectivity index (χ2v) is 7.60. The Morgan fingerprint density at radius 1 is 1.21 bits per heavy atom. The maximum Gasteiger partial charge on any atom is 0.326 e. The third kappa shape index (κ3) is 4.54. The predicted molar refractivity (Wildman–Crippen MR) is 111 cm³/mol. The number of carboxylic acid groups (broad SMARTS) is 1. The maximum atomic E-state index is 12.3. The minimum absolute atomic E-state index is 0.182. The van der Waals surface area contributed by atoms with Gasteiger partial charge >= 0.3 is 5.97 Å². The third-order valence-corrected chi connectivity index (χ3v) is 4.96. The van der Waals surface area contributed by atoms with Crippen molar-refractivity contribution in [1.82, 2.24) is 10.3 Å². The fourth-order valence-corrected chi connectivity index (χ4v) is 3.91. The molecule has 1 unspecified atom stereocenters. The first-order valence-electron chi connectivity index (χ1n) is 8.82. The highest BCUT2D eigenvalue weighted by atomic mass is 79.9. The summed E-state index contributed by atoms with van der Waals surface area (Å²) in [6, 6.07) is 10.4. The lowest BCUT2D eigenvalue weighted by atomic mass is 10.1. The topological polar surface area (TPSA) is 91.4 Å². The molecule has 3 aromatic rings. The quantitative estimate of drug-likeness (QED) is 0.517. The summed E-state index contributed by atoms with van der Waals surface area (Å²) < 4.78 is 6.57. The van der Waals surface area contributed by atoms with E-state index in [2.05, 4.69) is 26.2 Å². The molecule has 0 aliphatic carbocycles. The Balaban J connectivity index is 1.66. The van der Waals surface area contributed by atoms with Gasteiger partial charge in [0.15, 0.2) is 6.61 Å². The van der Waals surface area contributed by atoms with Crippen molar-refractivity contribution in [2.24, 2.45) is 0 Å². The number of rotatable bonds is 7. The number of hydrogen-bond acceptors (Lipinski definition) is 3. The van der Waals surface area contributed by atoms with Crippen molar-refractivity contribution < 1.29 is 19.4 Å². The predicted octanol–water partition coefficient (Wildman–Crippen LogP) is 3.74. The van der Waals surface area contributed by atoms with Crippen LogP contribution in [0.5, 0.6) is 5.75 Å². The van der Waals surface area contributed by atoms with E-state index in [4.69, 9.17) is 4.74 Å². The Bertz CT molecular complexity index is 1010. The number of carbonyl (C=O) groups is 2. The largest absolute Gasteiger partial charge is 0.483 e. The van der Waals surface area contributed by atoms with E-state index in [1.807, 2.05) is 50.2 Å². The molecule has 0 saturated heterocycles. The van der Waals surface area contributed by atoms with Gasteiger partial charge in [-0.3, -0.25) is 4.79 Å². The van der Waals surface area contributed by atoms with E-state index in [1.165, 1.54) is 0 Å². The number of aliphatic carboxylic acids is 1. The summed E-state index contributed by atoms with van der Waals surface area (Å²) >= 11 is 3.42. The van der Waals surface area contributed by atoms with Crippen molar-refractivity contribution in [3.05, 3.63) is 63.8 Å². The van der Waals surface area contributed by atoms with E-state index in [9.17, 15) is 14.7 Å². The average Bonchev–Trinajstić information content (AvgIpc) is 3.03. The summed E-state index contributed by atoms with van der Waals surface area (Å²) in [7, 11) is 0. The summed E-state index contributed by atoms with van der Waals surface area (Å²) in [4.78, 5) is 27.1. The zero-order valence-electron chi connectivity index (χ0n) is 15.6. The van der Waals surface area contributed by atoms with Gasteiger partial charge < -0.3 is 20.1 Å². The lowest BCUT2D eigenvalue weighted by Gasteiger charge is -2.16. The van der Waals surface area contributed by atoms with Gasteiger partial charge in [0.2, 0.25) is 0 Å². The van der Waals surface area contributed by atoms with Gasteiger partial charge in [0.25, 0.3) is 5.91 Å². The fourth-order valence-electron chi connectivity index (χ4n) is 3.22. The molecular formula is C21H21BrN2O4. The molecule has 0 aliphatic heterocycles. The van der Waals surface area contributed by atoms with Gasteiger partial charge in [-0.25, -0.2) is 4.79 Å². The highest BCUT2D eigenvalue weighted by Crippen LogP contribution is 2.27. The molecule has 28 heavy (non-hydrogen) atoms. The van der Waals surface area contributed by atoms with Crippen LogP contribution in [0.15, 0.2) is 47.1 Å². The lowest BCUT2D eigenvalue weighted by molar-refractivity contribution is -0.142. The average molecular weight is 445 g/mol. The van der Waals surface area contributed by atoms with E-state index in [0.29, 0.717) is 5.75 Å². The number of amides is 1. The smallest absolute Gasteiger partial charge is 0.326 e. The molecule has 3 rings (SSSR count). The van der Waals surface area contributed by atoms with Crippen molar-refractivity contribution in [1.29, 1.82) is 0 Å². The summed E-state index contributed by atoms with van der Waals surface area (Å²) in [6.45, 7) is 3.53. The van der Waals surface area contributed by atoms with E-state index in [-0.39, 0.29) is 13.0 Å². The van der Waals surface area contributed by atoms with Crippen LogP contribution < -0.4 is 10.1 Å². The van der Waals surface area contributed by atoms with Crippen LogP contribution >= 0.6 is 15.9 Å². The number of benzene rings is 2. The van der Waals surface area contributed by atoms with E-state index < -0.39 is 17.9 Å². The Hall–Kier alpha value is -2.80. The van der Waals surface area contributed by atoms with Gasteiger partial charge in [-0.1, -0.05) is 34.1 Å². The normalized spacial score (nSPS) is 12.0. The third-order valence-electron chi connectivity index (χ3n) is 4.50. The van der Waals surface area contributed by atoms with Crippen LogP contribution in [0.1, 0.15) is 16.7 Å². The minimum atomic E-state index is -1.09. The number of carboxylic acids is 1. The maximum absolute atomic E-state index is 12.3. The van der Waals surface area contributed by atoms with Crippen molar-refractivity contribution in [2.75, 3.05) is 6.61 Å². The van der Waals surface area contributed by atoms with Crippen LogP contribution in [-0.2, 0) is 16.0 Å². The molecule has 1 atom stereocenters. The van der Waals surface area contributed by atoms with E-state index in [0.717, 1.165) is 32.1 Å². The molecule has 146 valence electrons. The zero-order valence-corrected chi connectivity index (χ0v) is 17.2.